The van der Waals surface area contributed by atoms with Crippen LogP contribution in [0, 0.1) is 0 Å². The second kappa shape index (κ2) is 3.44. The molecule has 2 N–H and O–H groups in total. The van der Waals surface area contributed by atoms with Crippen LogP contribution in [0.4, 0.5) is 5.69 Å². The van der Waals surface area contributed by atoms with Crippen LogP contribution in [0.15, 0.2) is 18.2 Å². The number of anilines is 1. The number of nitrogen functional groups attached to an aromatic ring is 1. The van der Waals surface area contributed by atoms with E-state index in [1.807, 2.05) is 0 Å². The van der Waals surface area contributed by atoms with Gasteiger partial charge in [-0.25, -0.2) is 0 Å². The molecule has 0 aliphatic carbocycles. The summed E-state index contributed by atoms with van der Waals surface area (Å²) in [6.07, 6.45) is 0.126. The van der Waals surface area contributed by atoms with E-state index in [-0.39, 0.29) is 6.10 Å². The number of hydrogen-bond acceptors (Lipinski definition) is 3. The zero-order valence-electron chi connectivity index (χ0n) is 7.00. The Bertz CT molecular complexity index is 312. The zero-order chi connectivity index (χ0) is 9.26. The van der Waals surface area contributed by atoms with Crippen molar-refractivity contribution in [1.29, 1.82) is 0 Å². The molecule has 70 valence electrons. The van der Waals surface area contributed by atoms with Crippen molar-refractivity contribution in [1.82, 2.24) is 0 Å². The summed E-state index contributed by atoms with van der Waals surface area (Å²) in [5.74, 6) is 0.640. The Morgan fingerprint density at radius 1 is 1.46 bits per heavy atom. The summed E-state index contributed by atoms with van der Waals surface area (Å²) >= 11 is 5.79. The van der Waals surface area contributed by atoms with E-state index in [4.69, 9.17) is 26.8 Å². The Morgan fingerprint density at radius 2 is 2.23 bits per heavy atom. The maximum absolute atomic E-state index is 5.79. The molecule has 0 bridgehead atoms. The van der Waals surface area contributed by atoms with Gasteiger partial charge < -0.3 is 15.2 Å². The molecule has 1 fully saturated rings. The molecule has 2 rings (SSSR count). The fraction of sp³-hybridized carbons (Fsp3) is 0.333. The number of nitrogens with two attached hydrogens (primary N) is 1. The molecule has 0 unspecified atom stereocenters. The highest BCUT2D eigenvalue weighted by Crippen LogP contribution is 2.27. The first-order valence-electron chi connectivity index (χ1n) is 4.05. The van der Waals surface area contributed by atoms with Crippen LogP contribution in [0.5, 0.6) is 5.75 Å². The Hall–Kier alpha value is -0.930. The summed E-state index contributed by atoms with van der Waals surface area (Å²) < 4.78 is 10.5. The molecule has 1 heterocycles. The number of rotatable bonds is 2. The molecular weight excluding hydrogens is 190 g/mol. The monoisotopic (exact) mass is 199 g/mol. The minimum absolute atomic E-state index is 0.126. The van der Waals surface area contributed by atoms with Crippen molar-refractivity contribution in [2.75, 3.05) is 18.9 Å². The van der Waals surface area contributed by atoms with Crippen molar-refractivity contribution in [3.63, 3.8) is 0 Å². The van der Waals surface area contributed by atoms with Crippen LogP contribution < -0.4 is 10.5 Å². The van der Waals surface area contributed by atoms with Crippen molar-refractivity contribution < 1.29 is 9.47 Å². The van der Waals surface area contributed by atoms with E-state index >= 15 is 0 Å². The third kappa shape index (κ3) is 1.87. The molecule has 0 saturated carbocycles. The van der Waals surface area contributed by atoms with E-state index in [0.29, 0.717) is 29.7 Å². The van der Waals surface area contributed by atoms with Gasteiger partial charge in [0.2, 0.25) is 0 Å². The largest absolute Gasteiger partial charge is 0.483 e. The summed E-state index contributed by atoms with van der Waals surface area (Å²) in [6, 6.07) is 5.19. The van der Waals surface area contributed by atoms with Gasteiger partial charge in [0.25, 0.3) is 0 Å². The number of halogens is 1. The van der Waals surface area contributed by atoms with Crippen LogP contribution in [0.2, 0.25) is 5.02 Å². The van der Waals surface area contributed by atoms with Crippen molar-refractivity contribution in [3.8, 4) is 5.75 Å². The highest BCUT2D eigenvalue weighted by atomic mass is 35.5. The lowest BCUT2D eigenvalue weighted by Crippen LogP contribution is -2.38. The first kappa shape index (κ1) is 8.66. The van der Waals surface area contributed by atoms with Crippen LogP contribution in [-0.2, 0) is 4.74 Å². The lowest BCUT2D eigenvalue weighted by Gasteiger charge is -2.27. The molecule has 13 heavy (non-hydrogen) atoms. The summed E-state index contributed by atoms with van der Waals surface area (Å²) in [4.78, 5) is 0. The normalized spacial score (nSPS) is 16.7. The molecule has 1 aromatic carbocycles. The minimum Gasteiger partial charge on any atom is -0.483 e. The van der Waals surface area contributed by atoms with E-state index in [2.05, 4.69) is 0 Å². The lowest BCUT2D eigenvalue weighted by molar-refractivity contribution is -0.0793. The Morgan fingerprint density at radius 3 is 2.85 bits per heavy atom. The van der Waals surface area contributed by atoms with E-state index < -0.39 is 0 Å². The number of ether oxygens (including phenoxy) is 2. The Balaban J connectivity index is 2.13. The van der Waals surface area contributed by atoms with Gasteiger partial charge in [-0.15, -0.1) is 0 Å². The fourth-order valence-corrected chi connectivity index (χ4v) is 1.23. The van der Waals surface area contributed by atoms with Gasteiger partial charge in [0, 0.05) is 11.1 Å². The van der Waals surface area contributed by atoms with Gasteiger partial charge in [-0.05, 0) is 12.1 Å². The van der Waals surface area contributed by atoms with Gasteiger partial charge >= 0.3 is 0 Å². The number of hydrogen-bond donors (Lipinski definition) is 1. The third-order valence-electron chi connectivity index (χ3n) is 1.88. The van der Waals surface area contributed by atoms with Gasteiger partial charge in [-0.3, -0.25) is 0 Å². The van der Waals surface area contributed by atoms with E-state index in [0.717, 1.165) is 0 Å². The van der Waals surface area contributed by atoms with Gasteiger partial charge in [0.15, 0.2) is 0 Å². The average molecular weight is 200 g/mol. The second-order valence-electron chi connectivity index (χ2n) is 2.96. The van der Waals surface area contributed by atoms with Gasteiger partial charge in [-0.1, -0.05) is 11.6 Å². The van der Waals surface area contributed by atoms with Gasteiger partial charge in [0.05, 0.1) is 18.9 Å². The molecule has 0 spiro atoms. The Labute approximate surface area is 81.4 Å². The van der Waals surface area contributed by atoms with Crippen LogP contribution in [0.25, 0.3) is 0 Å². The predicted octanol–water partition coefficient (Wildman–Crippen LogP) is 1.70. The van der Waals surface area contributed by atoms with Crippen molar-refractivity contribution in [2.24, 2.45) is 0 Å². The van der Waals surface area contributed by atoms with Crippen LogP contribution >= 0.6 is 11.6 Å². The first-order chi connectivity index (χ1) is 6.25. The third-order valence-corrected chi connectivity index (χ3v) is 2.11. The summed E-state index contributed by atoms with van der Waals surface area (Å²) in [6.45, 7) is 1.26. The maximum Gasteiger partial charge on any atom is 0.145 e. The molecule has 1 saturated heterocycles. The fourth-order valence-electron chi connectivity index (χ4n) is 1.07. The molecule has 4 heteroatoms. The molecule has 0 amide bonds. The van der Waals surface area contributed by atoms with Crippen molar-refractivity contribution >= 4 is 17.3 Å². The summed E-state index contributed by atoms with van der Waals surface area (Å²) in [5.41, 5.74) is 6.30. The molecule has 1 aliphatic heterocycles. The van der Waals surface area contributed by atoms with E-state index in [1.54, 1.807) is 18.2 Å². The molecule has 0 radical (unpaired) electrons. The molecule has 1 aromatic rings. The number of benzene rings is 1. The molecule has 3 nitrogen and oxygen atoms in total. The maximum atomic E-state index is 5.79. The smallest absolute Gasteiger partial charge is 0.145 e. The first-order valence-corrected chi connectivity index (χ1v) is 4.43. The van der Waals surface area contributed by atoms with E-state index in [9.17, 15) is 0 Å². The topological polar surface area (TPSA) is 44.5 Å². The molecular formula is C9H10ClNO2. The predicted molar refractivity (Wildman–Crippen MR) is 51.1 cm³/mol. The molecule has 0 aromatic heterocycles. The minimum atomic E-state index is 0.126. The molecule has 0 atom stereocenters. The summed E-state index contributed by atoms with van der Waals surface area (Å²) in [7, 11) is 0. The average Bonchev–Trinajstić information content (AvgIpc) is 2.03. The Kier molecular flexibility index (Phi) is 2.29. The lowest BCUT2D eigenvalue weighted by atomic mass is 10.2. The SMILES string of the molecule is Nc1ccc(Cl)cc1OC1COC1. The standard InChI is InChI=1S/C9H10ClNO2/c10-6-1-2-8(11)9(3-6)13-7-4-12-5-7/h1-3,7H,4-5,11H2. The van der Waals surface area contributed by atoms with Gasteiger partial charge in [0.1, 0.15) is 11.9 Å². The second-order valence-corrected chi connectivity index (χ2v) is 3.40. The van der Waals surface area contributed by atoms with Crippen LogP contribution in [0.3, 0.4) is 0 Å². The van der Waals surface area contributed by atoms with Crippen LogP contribution in [0.1, 0.15) is 0 Å². The van der Waals surface area contributed by atoms with E-state index in [1.165, 1.54) is 0 Å². The van der Waals surface area contributed by atoms with Crippen molar-refractivity contribution in [2.45, 2.75) is 6.10 Å². The summed E-state index contributed by atoms with van der Waals surface area (Å²) in [5, 5.41) is 0.629. The zero-order valence-corrected chi connectivity index (χ0v) is 7.75. The highest BCUT2D eigenvalue weighted by molar-refractivity contribution is 6.30. The quantitative estimate of drug-likeness (QED) is 0.738. The van der Waals surface area contributed by atoms with Crippen molar-refractivity contribution in [3.05, 3.63) is 23.2 Å². The highest BCUT2D eigenvalue weighted by Gasteiger charge is 2.20. The van der Waals surface area contributed by atoms with Crippen LogP contribution in [-0.4, -0.2) is 19.3 Å². The van der Waals surface area contributed by atoms with Gasteiger partial charge in [-0.2, -0.15) is 0 Å². The molecule has 1 aliphatic rings.